The van der Waals surface area contributed by atoms with Gasteiger partial charge in [0.2, 0.25) is 5.91 Å². The van der Waals surface area contributed by atoms with Crippen LogP contribution < -0.4 is 0 Å². The molecule has 0 saturated heterocycles. The van der Waals surface area contributed by atoms with Crippen LogP contribution in [0.4, 0.5) is 5.69 Å². The van der Waals surface area contributed by atoms with Crippen LogP contribution in [0.1, 0.15) is 37.6 Å². The Kier molecular flexibility index (Phi) is 4.38. The Hall–Kier alpha value is -2.63. The normalized spacial score (nSPS) is 17.0. The highest BCUT2D eigenvalue weighted by molar-refractivity contribution is 5.77. The highest BCUT2D eigenvalue weighted by Gasteiger charge is 2.32. The largest absolute Gasteiger partial charge is 0.348 e. The minimum absolute atomic E-state index is 0.0602. The molecule has 0 spiro atoms. The highest BCUT2D eigenvalue weighted by Crippen LogP contribution is 2.34. The van der Waals surface area contributed by atoms with E-state index in [0.717, 1.165) is 17.8 Å². The van der Waals surface area contributed by atoms with Crippen LogP contribution in [0.5, 0.6) is 0 Å². The molecule has 126 valence electrons. The van der Waals surface area contributed by atoms with Gasteiger partial charge in [0.25, 0.3) is 5.69 Å². The summed E-state index contributed by atoms with van der Waals surface area (Å²) in [5.74, 6) is 0.421. The zero-order chi connectivity index (χ0) is 17.3. The second-order valence-corrected chi connectivity index (χ2v) is 6.56. The molecule has 24 heavy (non-hydrogen) atoms. The van der Waals surface area contributed by atoms with Gasteiger partial charge in [0.05, 0.1) is 11.0 Å². The van der Waals surface area contributed by atoms with Crippen molar-refractivity contribution in [3.8, 4) is 0 Å². The van der Waals surface area contributed by atoms with Crippen LogP contribution in [0.3, 0.4) is 0 Å². The number of nitrogens with zero attached hydrogens (tertiary/aromatic N) is 3. The maximum atomic E-state index is 12.7. The lowest BCUT2D eigenvalue weighted by molar-refractivity contribution is -0.384. The monoisotopic (exact) mass is 327 g/mol. The van der Waals surface area contributed by atoms with Crippen molar-refractivity contribution in [1.29, 1.82) is 0 Å². The molecule has 1 aliphatic heterocycles. The van der Waals surface area contributed by atoms with Crippen molar-refractivity contribution in [3.63, 3.8) is 0 Å². The molecule has 2 heterocycles. The summed E-state index contributed by atoms with van der Waals surface area (Å²) >= 11 is 0. The van der Waals surface area contributed by atoms with E-state index in [1.807, 2.05) is 37.1 Å². The van der Waals surface area contributed by atoms with Crippen LogP contribution in [0.25, 0.3) is 0 Å². The minimum Gasteiger partial charge on any atom is -0.348 e. The number of fused-ring (bicyclic) bond motifs is 1. The molecule has 0 N–H and O–H groups in total. The Balaban J connectivity index is 1.98. The van der Waals surface area contributed by atoms with Gasteiger partial charge in [0.15, 0.2) is 0 Å². The van der Waals surface area contributed by atoms with Gasteiger partial charge in [-0.05, 0) is 35.7 Å². The van der Waals surface area contributed by atoms with Gasteiger partial charge in [0.1, 0.15) is 0 Å². The van der Waals surface area contributed by atoms with Gasteiger partial charge in [-0.1, -0.05) is 13.8 Å². The Morgan fingerprint density at radius 1 is 1.25 bits per heavy atom. The van der Waals surface area contributed by atoms with Crippen LogP contribution in [0.15, 0.2) is 42.6 Å². The molecule has 0 fully saturated rings. The van der Waals surface area contributed by atoms with E-state index in [1.165, 1.54) is 12.1 Å². The first-order valence-corrected chi connectivity index (χ1v) is 8.16. The van der Waals surface area contributed by atoms with Crippen LogP contribution >= 0.6 is 0 Å². The molecule has 0 bridgehead atoms. The summed E-state index contributed by atoms with van der Waals surface area (Å²) in [6, 6.07) is 10.3. The van der Waals surface area contributed by atoms with E-state index in [0.29, 0.717) is 18.9 Å². The number of nitro benzene ring substituents is 1. The van der Waals surface area contributed by atoms with Gasteiger partial charge in [-0.25, -0.2) is 0 Å². The standard InChI is InChI=1S/C18H21N3O3/c1-13(2)12-17(22)20-11-10-19-9-3-4-16(19)18(20)14-5-7-15(8-6-14)21(23)24/h3-9,13,18H,10-12H2,1-2H3/t18-/m0/s1. The number of amides is 1. The number of hydrogen-bond acceptors (Lipinski definition) is 3. The zero-order valence-electron chi connectivity index (χ0n) is 13.9. The van der Waals surface area contributed by atoms with E-state index in [-0.39, 0.29) is 17.6 Å². The van der Waals surface area contributed by atoms with E-state index in [1.54, 1.807) is 12.1 Å². The number of nitro groups is 1. The molecule has 6 nitrogen and oxygen atoms in total. The van der Waals surface area contributed by atoms with E-state index in [9.17, 15) is 14.9 Å². The summed E-state index contributed by atoms with van der Waals surface area (Å²) in [5, 5.41) is 10.9. The molecule has 1 aromatic heterocycles. The Bertz CT molecular complexity index is 749. The van der Waals surface area contributed by atoms with Crippen LogP contribution in [-0.4, -0.2) is 26.8 Å². The first kappa shape index (κ1) is 16.2. The summed E-state index contributed by atoms with van der Waals surface area (Å²) in [5.41, 5.74) is 2.01. The maximum absolute atomic E-state index is 12.7. The molecule has 6 heteroatoms. The van der Waals surface area contributed by atoms with Gasteiger partial charge >= 0.3 is 0 Å². The quantitative estimate of drug-likeness (QED) is 0.638. The number of non-ortho nitro benzene ring substituents is 1. The number of benzene rings is 1. The maximum Gasteiger partial charge on any atom is 0.269 e. The van der Waals surface area contributed by atoms with Gasteiger partial charge in [-0.2, -0.15) is 0 Å². The van der Waals surface area contributed by atoms with E-state index < -0.39 is 4.92 Å². The molecular weight excluding hydrogens is 306 g/mol. The Labute approximate surface area is 140 Å². The second-order valence-electron chi connectivity index (χ2n) is 6.56. The molecule has 1 aromatic carbocycles. The molecule has 2 aromatic rings. The van der Waals surface area contributed by atoms with Crippen LogP contribution in [-0.2, 0) is 11.3 Å². The molecule has 1 atom stereocenters. The predicted octanol–water partition coefficient (Wildman–Crippen LogP) is 3.37. The van der Waals surface area contributed by atoms with Crippen molar-refractivity contribution in [2.24, 2.45) is 5.92 Å². The lowest BCUT2D eigenvalue weighted by atomic mass is 9.98. The Morgan fingerprint density at radius 2 is 1.96 bits per heavy atom. The van der Waals surface area contributed by atoms with E-state index in [2.05, 4.69) is 4.57 Å². The highest BCUT2D eigenvalue weighted by atomic mass is 16.6. The zero-order valence-corrected chi connectivity index (χ0v) is 13.9. The summed E-state index contributed by atoms with van der Waals surface area (Å²) in [4.78, 5) is 25.1. The van der Waals surface area contributed by atoms with E-state index >= 15 is 0 Å². The van der Waals surface area contributed by atoms with Gasteiger partial charge in [-0.15, -0.1) is 0 Å². The van der Waals surface area contributed by atoms with E-state index in [4.69, 9.17) is 0 Å². The SMILES string of the molecule is CC(C)CC(=O)N1CCn2cccc2[C@@H]1c1ccc([N+](=O)[O-])cc1. The third kappa shape index (κ3) is 3.04. The first-order chi connectivity index (χ1) is 11.5. The lowest BCUT2D eigenvalue weighted by Gasteiger charge is -2.37. The fourth-order valence-corrected chi connectivity index (χ4v) is 3.25. The Morgan fingerprint density at radius 3 is 2.58 bits per heavy atom. The topological polar surface area (TPSA) is 68.4 Å². The molecule has 1 amide bonds. The summed E-state index contributed by atoms with van der Waals surface area (Å²) in [6.45, 7) is 5.49. The van der Waals surface area contributed by atoms with Gasteiger partial charge in [0, 0.05) is 43.5 Å². The van der Waals surface area contributed by atoms with Crippen molar-refractivity contribution in [1.82, 2.24) is 9.47 Å². The van der Waals surface area contributed by atoms with Gasteiger partial charge < -0.3 is 9.47 Å². The van der Waals surface area contributed by atoms with Crippen molar-refractivity contribution in [2.75, 3.05) is 6.54 Å². The van der Waals surface area contributed by atoms with Crippen molar-refractivity contribution >= 4 is 11.6 Å². The molecule has 0 aliphatic carbocycles. The molecule has 3 rings (SSSR count). The van der Waals surface area contributed by atoms with Crippen LogP contribution in [0, 0.1) is 16.0 Å². The molecule has 1 aliphatic rings. The summed E-state index contributed by atoms with van der Waals surface area (Å²) < 4.78 is 2.14. The fraction of sp³-hybridized carbons (Fsp3) is 0.389. The molecular formula is C18H21N3O3. The minimum atomic E-state index is -0.408. The predicted molar refractivity (Wildman–Crippen MR) is 90.5 cm³/mol. The average Bonchev–Trinajstić information content (AvgIpc) is 3.01. The number of aromatic nitrogens is 1. The van der Waals surface area contributed by atoms with Gasteiger partial charge in [-0.3, -0.25) is 14.9 Å². The van der Waals surface area contributed by atoms with Crippen LogP contribution in [0.2, 0.25) is 0 Å². The van der Waals surface area contributed by atoms with Crippen molar-refractivity contribution in [2.45, 2.75) is 32.9 Å². The third-order valence-electron chi connectivity index (χ3n) is 4.36. The summed E-state index contributed by atoms with van der Waals surface area (Å²) in [6.07, 6.45) is 2.52. The molecule has 0 saturated carbocycles. The molecule has 0 unspecified atom stereocenters. The van der Waals surface area contributed by atoms with Crippen molar-refractivity contribution < 1.29 is 9.72 Å². The number of carbonyl (C=O) groups excluding carboxylic acids is 1. The average molecular weight is 327 g/mol. The second kappa shape index (κ2) is 6.47. The number of hydrogen-bond donors (Lipinski definition) is 0. The first-order valence-electron chi connectivity index (χ1n) is 8.16. The number of carbonyl (C=O) groups is 1. The summed E-state index contributed by atoms with van der Waals surface area (Å²) in [7, 11) is 0. The smallest absolute Gasteiger partial charge is 0.269 e. The molecule has 0 radical (unpaired) electrons. The third-order valence-corrected chi connectivity index (χ3v) is 4.36. The van der Waals surface area contributed by atoms with Crippen molar-refractivity contribution in [3.05, 3.63) is 64.0 Å². The fourth-order valence-electron chi connectivity index (χ4n) is 3.25. The number of rotatable bonds is 4. The lowest BCUT2D eigenvalue weighted by Crippen LogP contribution is -2.42.